The monoisotopic (exact) mass is 395 g/mol. The quantitative estimate of drug-likeness (QED) is 0.635. The summed E-state index contributed by atoms with van der Waals surface area (Å²) in [5.41, 5.74) is 3.36. The van der Waals surface area contributed by atoms with Crippen molar-refractivity contribution in [3.8, 4) is 17.2 Å². The summed E-state index contributed by atoms with van der Waals surface area (Å²) in [7, 11) is 1.62. The third-order valence-corrected chi connectivity index (χ3v) is 5.59. The number of amides is 1. The van der Waals surface area contributed by atoms with Crippen molar-refractivity contribution in [2.24, 2.45) is 0 Å². The van der Waals surface area contributed by atoms with Gasteiger partial charge in [-0.15, -0.1) is 10.2 Å². The van der Waals surface area contributed by atoms with Crippen molar-refractivity contribution in [3.05, 3.63) is 59.7 Å². The largest absolute Gasteiger partial charge is 0.497 e. The van der Waals surface area contributed by atoms with Crippen LogP contribution in [0, 0.1) is 0 Å². The standard InChI is InChI=1S/C21H21N3O3S/c1-26-16-11-9-15(10-12-16)20-23-24-21(27-20)28-13-19(25)22-18-8-4-6-14-5-2-3-7-17(14)18/h2-3,5,7,9-12,18H,4,6,8,13H2,1H3,(H,22,25)/t18-/m1/s1. The van der Waals surface area contributed by atoms with Crippen LogP contribution in [0.2, 0.25) is 0 Å². The maximum atomic E-state index is 12.4. The number of aromatic nitrogens is 2. The lowest BCUT2D eigenvalue weighted by atomic mass is 9.88. The normalized spacial score (nSPS) is 15.7. The second-order valence-corrected chi connectivity index (χ2v) is 7.53. The predicted molar refractivity (Wildman–Crippen MR) is 107 cm³/mol. The fourth-order valence-electron chi connectivity index (χ4n) is 3.39. The van der Waals surface area contributed by atoms with Crippen molar-refractivity contribution in [1.82, 2.24) is 15.5 Å². The summed E-state index contributed by atoms with van der Waals surface area (Å²) in [4.78, 5) is 12.4. The number of hydrogen-bond donors (Lipinski definition) is 1. The number of fused-ring (bicyclic) bond motifs is 1. The number of ether oxygens (including phenoxy) is 1. The number of nitrogens with one attached hydrogen (secondary N) is 1. The highest BCUT2D eigenvalue weighted by molar-refractivity contribution is 7.99. The first-order valence-electron chi connectivity index (χ1n) is 9.21. The SMILES string of the molecule is COc1ccc(-c2nnc(SCC(=O)N[C@@H]3CCCc4ccccc43)o2)cc1. The highest BCUT2D eigenvalue weighted by Gasteiger charge is 2.21. The van der Waals surface area contributed by atoms with Gasteiger partial charge in [-0.2, -0.15) is 0 Å². The van der Waals surface area contributed by atoms with Crippen LogP contribution in [0.15, 0.2) is 58.2 Å². The fourth-order valence-corrected chi connectivity index (χ4v) is 3.96. The Morgan fingerprint density at radius 2 is 2.04 bits per heavy atom. The zero-order chi connectivity index (χ0) is 19.3. The molecule has 7 heteroatoms. The molecule has 0 radical (unpaired) electrons. The van der Waals surface area contributed by atoms with Crippen LogP contribution < -0.4 is 10.1 Å². The van der Waals surface area contributed by atoms with E-state index in [2.05, 4.69) is 33.7 Å². The lowest BCUT2D eigenvalue weighted by Crippen LogP contribution is -2.32. The van der Waals surface area contributed by atoms with Gasteiger partial charge in [0.15, 0.2) is 0 Å². The third-order valence-electron chi connectivity index (χ3n) is 4.77. The molecule has 0 spiro atoms. The van der Waals surface area contributed by atoms with Gasteiger partial charge in [0.05, 0.1) is 18.9 Å². The molecule has 2 aromatic carbocycles. The van der Waals surface area contributed by atoms with Gasteiger partial charge in [0.25, 0.3) is 5.22 Å². The number of rotatable bonds is 6. The van der Waals surface area contributed by atoms with Gasteiger partial charge in [-0.25, -0.2) is 0 Å². The van der Waals surface area contributed by atoms with Crippen LogP contribution in [-0.4, -0.2) is 29.0 Å². The summed E-state index contributed by atoms with van der Waals surface area (Å²) >= 11 is 1.24. The zero-order valence-corrected chi connectivity index (χ0v) is 16.4. The molecule has 0 saturated carbocycles. The van der Waals surface area contributed by atoms with Gasteiger partial charge >= 0.3 is 0 Å². The van der Waals surface area contributed by atoms with E-state index in [-0.39, 0.29) is 17.7 Å². The summed E-state index contributed by atoms with van der Waals surface area (Å²) in [5.74, 6) is 1.39. The maximum absolute atomic E-state index is 12.4. The number of aryl methyl sites for hydroxylation is 1. The molecule has 0 fully saturated rings. The maximum Gasteiger partial charge on any atom is 0.277 e. The van der Waals surface area contributed by atoms with E-state index in [1.54, 1.807) is 7.11 Å². The number of nitrogens with zero attached hydrogens (tertiary/aromatic N) is 2. The Balaban J connectivity index is 1.34. The van der Waals surface area contributed by atoms with Crippen LogP contribution in [0.4, 0.5) is 0 Å². The molecule has 3 aromatic rings. The molecule has 0 unspecified atom stereocenters. The Kier molecular flexibility index (Phi) is 5.62. The van der Waals surface area contributed by atoms with Crippen molar-refractivity contribution in [2.45, 2.75) is 30.5 Å². The molecule has 1 heterocycles. The van der Waals surface area contributed by atoms with Crippen molar-refractivity contribution < 1.29 is 13.9 Å². The number of hydrogen-bond acceptors (Lipinski definition) is 6. The third kappa shape index (κ3) is 4.20. The Bertz CT molecular complexity index is 956. The van der Waals surface area contributed by atoms with Crippen LogP contribution in [0.1, 0.15) is 30.0 Å². The predicted octanol–water partition coefficient (Wildman–Crippen LogP) is 4.03. The lowest BCUT2D eigenvalue weighted by Gasteiger charge is -2.26. The molecule has 144 valence electrons. The average molecular weight is 395 g/mol. The fraction of sp³-hybridized carbons (Fsp3) is 0.286. The molecule has 4 rings (SSSR count). The van der Waals surface area contributed by atoms with E-state index in [0.29, 0.717) is 11.1 Å². The number of carbonyl (C=O) groups excluding carboxylic acids is 1. The highest BCUT2D eigenvalue weighted by Crippen LogP contribution is 2.30. The molecule has 28 heavy (non-hydrogen) atoms. The van der Waals surface area contributed by atoms with Gasteiger partial charge in [-0.3, -0.25) is 4.79 Å². The second-order valence-electron chi connectivity index (χ2n) is 6.60. The topological polar surface area (TPSA) is 77.2 Å². The van der Waals surface area contributed by atoms with E-state index in [9.17, 15) is 4.79 Å². The molecule has 1 atom stereocenters. The Morgan fingerprint density at radius 3 is 2.86 bits per heavy atom. The number of carbonyl (C=O) groups is 1. The molecule has 0 saturated heterocycles. The van der Waals surface area contributed by atoms with Crippen molar-refractivity contribution >= 4 is 17.7 Å². The van der Waals surface area contributed by atoms with Gasteiger partial charge in [-0.1, -0.05) is 36.0 Å². The van der Waals surface area contributed by atoms with E-state index >= 15 is 0 Å². The first-order valence-corrected chi connectivity index (χ1v) is 10.2. The smallest absolute Gasteiger partial charge is 0.277 e. The number of thioether (sulfide) groups is 1. The summed E-state index contributed by atoms with van der Waals surface area (Å²) in [6.07, 6.45) is 3.13. The average Bonchev–Trinajstić information content (AvgIpc) is 3.22. The molecular formula is C21H21N3O3S. The first kappa shape index (κ1) is 18.6. The van der Waals surface area contributed by atoms with Crippen molar-refractivity contribution in [1.29, 1.82) is 0 Å². The summed E-state index contributed by atoms with van der Waals surface area (Å²) in [5, 5.41) is 11.6. The molecule has 6 nitrogen and oxygen atoms in total. The van der Waals surface area contributed by atoms with E-state index in [1.807, 2.05) is 30.3 Å². The minimum absolute atomic E-state index is 0.0316. The van der Waals surface area contributed by atoms with Crippen molar-refractivity contribution in [3.63, 3.8) is 0 Å². The molecule has 1 N–H and O–H groups in total. The molecule has 1 aliphatic carbocycles. The molecule has 1 aromatic heterocycles. The van der Waals surface area contributed by atoms with Gasteiger partial charge in [0.1, 0.15) is 5.75 Å². The van der Waals surface area contributed by atoms with Crippen LogP contribution in [0.3, 0.4) is 0 Å². The summed E-state index contributed by atoms with van der Waals surface area (Å²) in [6, 6.07) is 15.8. The molecule has 1 aliphatic rings. The Morgan fingerprint density at radius 1 is 1.21 bits per heavy atom. The number of methoxy groups -OCH3 is 1. The van der Waals surface area contributed by atoms with Crippen LogP contribution in [0.25, 0.3) is 11.5 Å². The zero-order valence-electron chi connectivity index (χ0n) is 15.6. The Hall–Kier alpha value is -2.80. The van der Waals surface area contributed by atoms with E-state index in [4.69, 9.17) is 9.15 Å². The summed E-state index contributed by atoms with van der Waals surface area (Å²) < 4.78 is 10.8. The summed E-state index contributed by atoms with van der Waals surface area (Å²) in [6.45, 7) is 0. The molecule has 0 aliphatic heterocycles. The first-order chi connectivity index (χ1) is 13.7. The lowest BCUT2D eigenvalue weighted by molar-refractivity contribution is -0.119. The van der Waals surface area contributed by atoms with Crippen LogP contribution in [-0.2, 0) is 11.2 Å². The van der Waals surface area contributed by atoms with Crippen LogP contribution in [0.5, 0.6) is 5.75 Å². The number of benzene rings is 2. The highest BCUT2D eigenvalue weighted by atomic mass is 32.2. The van der Waals surface area contributed by atoms with Gasteiger partial charge in [0.2, 0.25) is 11.8 Å². The van der Waals surface area contributed by atoms with E-state index < -0.39 is 0 Å². The van der Waals surface area contributed by atoms with Gasteiger partial charge in [0, 0.05) is 5.56 Å². The van der Waals surface area contributed by atoms with Crippen molar-refractivity contribution in [2.75, 3.05) is 12.9 Å². The molecular weight excluding hydrogens is 374 g/mol. The van der Waals surface area contributed by atoms with Gasteiger partial charge < -0.3 is 14.5 Å². The minimum Gasteiger partial charge on any atom is -0.497 e. The molecule has 0 bridgehead atoms. The minimum atomic E-state index is -0.0316. The van der Waals surface area contributed by atoms with Gasteiger partial charge in [-0.05, 0) is 54.7 Å². The molecule has 1 amide bonds. The Labute approximate surface area is 167 Å². The second kappa shape index (κ2) is 8.48. The van der Waals surface area contributed by atoms with Crippen LogP contribution >= 0.6 is 11.8 Å². The van der Waals surface area contributed by atoms with E-state index in [1.165, 1.54) is 22.9 Å². The van der Waals surface area contributed by atoms with E-state index in [0.717, 1.165) is 30.6 Å².